The lowest BCUT2D eigenvalue weighted by atomic mass is 9.75. The molecule has 0 radical (unpaired) electrons. The molecule has 0 N–H and O–H groups in total. The molecule has 2 nitrogen and oxygen atoms in total. The molecular formula is C18H14O2. The SMILES string of the molecule is COC(=O)C12c3ccccc3[C@@H]3C1[C@H]3c1ccccc12. The molecule has 0 unspecified atom stereocenters. The molecule has 0 heterocycles. The fourth-order valence-electron chi connectivity index (χ4n) is 4.94. The summed E-state index contributed by atoms with van der Waals surface area (Å²) >= 11 is 0. The van der Waals surface area contributed by atoms with Gasteiger partial charge in [0.1, 0.15) is 5.41 Å². The molecular weight excluding hydrogens is 248 g/mol. The van der Waals surface area contributed by atoms with Crippen LogP contribution in [0.15, 0.2) is 48.5 Å². The van der Waals surface area contributed by atoms with Crippen LogP contribution in [0.4, 0.5) is 0 Å². The van der Waals surface area contributed by atoms with Crippen LogP contribution in [0.25, 0.3) is 0 Å². The highest BCUT2D eigenvalue weighted by Gasteiger charge is 2.77. The summed E-state index contributed by atoms with van der Waals surface area (Å²) in [5, 5.41) is 0. The molecule has 5 rings (SSSR count). The van der Waals surface area contributed by atoms with Crippen molar-refractivity contribution < 1.29 is 9.53 Å². The van der Waals surface area contributed by atoms with E-state index in [2.05, 4.69) is 36.4 Å². The summed E-state index contributed by atoms with van der Waals surface area (Å²) in [6.45, 7) is 0. The van der Waals surface area contributed by atoms with Crippen molar-refractivity contribution in [3.8, 4) is 0 Å². The number of rotatable bonds is 1. The first kappa shape index (κ1) is 10.7. The number of methoxy groups -OCH3 is 1. The van der Waals surface area contributed by atoms with Gasteiger partial charge in [0, 0.05) is 0 Å². The van der Waals surface area contributed by atoms with Gasteiger partial charge in [-0.2, -0.15) is 0 Å². The highest BCUT2D eigenvalue weighted by Crippen LogP contribution is 2.80. The molecule has 2 atom stereocenters. The van der Waals surface area contributed by atoms with Crippen molar-refractivity contribution >= 4 is 5.97 Å². The lowest BCUT2D eigenvalue weighted by Gasteiger charge is -2.27. The maximum absolute atomic E-state index is 12.7. The molecule has 1 saturated carbocycles. The highest BCUT2D eigenvalue weighted by atomic mass is 16.5. The largest absolute Gasteiger partial charge is 0.468 e. The molecule has 0 aromatic heterocycles. The Kier molecular flexibility index (Phi) is 1.68. The molecule has 20 heavy (non-hydrogen) atoms. The molecule has 0 spiro atoms. The minimum Gasteiger partial charge on any atom is -0.468 e. The third-order valence-electron chi connectivity index (χ3n) is 5.52. The number of fused-ring (bicyclic) bond motifs is 7. The van der Waals surface area contributed by atoms with Crippen LogP contribution in [-0.4, -0.2) is 13.1 Å². The minimum absolute atomic E-state index is 0.0927. The number of esters is 1. The van der Waals surface area contributed by atoms with Gasteiger partial charge in [0.25, 0.3) is 0 Å². The summed E-state index contributed by atoms with van der Waals surface area (Å²) in [6.07, 6.45) is 0. The minimum atomic E-state index is -0.544. The van der Waals surface area contributed by atoms with Crippen molar-refractivity contribution in [3.63, 3.8) is 0 Å². The number of hydrogen-bond acceptors (Lipinski definition) is 2. The van der Waals surface area contributed by atoms with Crippen molar-refractivity contribution in [2.75, 3.05) is 7.11 Å². The summed E-state index contributed by atoms with van der Waals surface area (Å²) in [5.41, 5.74) is 4.50. The van der Waals surface area contributed by atoms with Crippen LogP contribution < -0.4 is 0 Å². The molecule has 3 aliphatic carbocycles. The van der Waals surface area contributed by atoms with Crippen molar-refractivity contribution in [2.45, 2.75) is 17.3 Å². The van der Waals surface area contributed by atoms with Gasteiger partial charge in [0.2, 0.25) is 0 Å². The van der Waals surface area contributed by atoms with Gasteiger partial charge in [-0.3, -0.25) is 4.79 Å². The predicted molar refractivity (Wildman–Crippen MR) is 74.7 cm³/mol. The number of ether oxygens (including phenoxy) is 1. The quantitative estimate of drug-likeness (QED) is 0.739. The van der Waals surface area contributed by atoms with E-state index < -0.39 is 5.41 Å². The third kappa shape index (κ3) is 0.866. The predicted octanol–water partition coefficient (Wildman–Crippen LogP) is 2.97. The van der Waals surface area contributed by atoms with Crippen molar-refractivity contribution in [1.29, 1.82) is 0 Å². The van der Waals surface area contributed by atoms with Crippen LogP contribution in [0.5, 0.6) is 0 Å². The lowest BCUT2D eigenvalue weighted by Crippen LogP contribution is -2.37. The number of benzene rings is 2. The maximum atomic E-state index is 12.7. The van der Waals surface area contributed by atoms with Gasteiger partial charge in [0.05, 0.1) is 7.11 Å². The Morgan fingerprint density at radius 3 is 1.95 bits per heavy atom. The van der Waals surface area contributed by atoms with E-state index in [1.807, 2.05) is 12.1 Å². The number of hydrogen-bond donors (Lipinski definition) is 0. The average Bonchev–Trinajstić information content (AvgIpc) is 3.10. The van der Waals surface area contributed by atoms with Crippen LogP contribution in [0, 0.1) is 5.92 Å². The van der Waals surface area contributed by atoms with E-state index in [0.717, 1.165) is 0 Å². The fraction of sp³-hybridized carbons (Fsp3) is 0.278. The maximum Gasteiger partial charge on any atom is 0.321 e. The summed E-state index contributed by atoms with van der Waals surface area (Å²) in [4.78, 5) is 12.7. The Labute approximate surface area is 117 Å². The highest BCUT2D eigenvalue weighted by molar-refractivity contribution is 5.95. The molecule has 1 fully saturated rings. The zero-order valence-electron chi connectivity index (χ0n) is 11.2. The Hall–Kier alpha value is -2.09. The molecule has 0 bridgehead atoms. The number of carbonyl (C=O) groups is 1. The second kappa shape index (κ2) is 3.14. The molecule has 2 heteroatoms. The van der Waals surface area contributed by atoms with Gasteiger partial charge in [-0.1, -0.05) is 48.5 Å². The summed E-state index contributed by atoms with van der Waals surface area (Å²) in [6, 6.07) is 16.8. The second-order valence-corrected chi connectivity index (χ2v) is 6.05. The molecule has 0 amide bonds. The molecule has 2 aromatic carbocycles. The second-order valence-electron chi connectivity index (χ2n) is 6.05. The van der Waals surface area contributed by atoms with Crippen LogP contribution in [0.3, 0.4) is 0 Å². The Morgan fingerprint density at radius 2 is 1.45 bits per heavy atom. The molecule has 0 aliphatic heterocycles. The fourth-order valence-corrected chi connectivity index (χ4v) is 4.94. The first-order chi connectivity index (χ1) is 9.81. The zero-order chi connectivity index (χ0) is 13.5. The lowest BCUT2D eigenvalue weighted by molar-refractivity contribution is -0.146. The topological polar surface area (TPSA) is 26.3 Å². The normalized spacial score (nSPS) is 34.1. The first-order valence-corrected chi connectivity index (χ1v) is 7.09. The van der Waals surface area contributed by atoms with Crippen LogP contribution in [0.2, 0.25) is 0 Å². The van der Waals surface area contributed by atoms with Gasteiger partial charge in [0.15, 0.2) is 0 Å². The van der Waals surface area contributed by atoms with Gasteiger partial charge in [-0.25, -0.2) is 0 Å². The third-order valence-corrected chi connectivity index (χ3v) is 5.52. The standard InChI is InChI=1S/C18H14O2/c1-20-17(19)18-12-8-4-2-6-10(12)14-15(16(14)18)11-7-3-5-9-13(11)18/h2-9,14-16H,1H3/t14-,15-,16?,18?/m0/s1. The van der Waals surface area contributed by atoms with Gasteiger partial charge >= 0.3 is 5.97 Å². The average molecular weight is 262 g/mol. The van der Waals surface area contributed by atoms with Crippen LogP contribution >= 0.6 is 0 Å². The van der Waals surface area contributed by atoms with E-state index >= 15 is 0 Å². The van der Waals surface area contributed by atoms with E-state index in [0.29, 0.717) is 17.8 Å². The molecule has 98 valence electrons. The Bertz CT molecular complexity index is 708. The monoisotopic (exact) mass is 262 g/mol. The number of carbonyl (C=O) groups excluding carboxylic acids is 1. The molecule has 0 saturated heterocycles. The van der Waals surface area contributed by atoms with Crippen molar-refractivity contribution in [1.82, 2.24) is 0 Å². The smallest absolute Gasteiger partial charge is 0.321 e. The van der Waals surface area contributed by atoms with Crippen molar-refractivity contribution in [2.24, 2.45) is 5.92 Å². The van der Waals surface area contributed by atoms with E-state index in [4.69, 9.17) is 4.74 Å². The first-order valence-electron chi connectivity index (χ1n) is 7.09. The summed E-state index contributed by atoms with van der Waals surface area (Å²) in [5.74, 6) is 1.31. The molecule has 2 aromatic rings. The van der Waals surface area contributed by atoms with Crippen LogP contribution in [-0.2, 0) is 14.9 Å². The Morgan fingerprint density at radius 1 is 0.950 bits per heavy atom. The summed E-state index contributed by atoms with van der Waals surface area (Å²) in [7, 11) is 1.51. The van der Waals surface area contributed by atoms with E-state index in [1.165, 1.54) is 29.4 Å². The van der Waals surface area contributed by atoms with Crippen molar-refractivity contribution in [3.05, 3.63) is 70.8 Å². The van der Waals surface area contributed by atoms with Gasteiger partial charge in [-0.05, 0) is 40.0 Å². The summed E-state index contributed by atoms with van der Waals surface area (Å²) < 4.78 is 5.23. The Balaban J connectivity index is 1.90. The van der Waals surface area contributed by atoms with Crippen LogP contribution in [0.1, 0.15) is 34.1 Å². The zero-order valence-corrected chi connectivity index (χ0v) is 11.2. The van der Waals surface area contributed by atoms with Gasteiger partial charge < -0.3 is 4.74 Å². The van der Waals surface area contributed by atoms with Gasteiger partial charge in [-0.15, -0.1) is 0 Å². The molecule has 3 aliphatic rings. The van der Waals surface area contributed by atoms with E-state index in [9.17, 15) is 4.79 Å². The van der Waals surface area contributed by atoms with E-state index in [-0.39, 0.29) is 5.97 Å². The van der Waals surface area contributed by atoms with E-state index in [1.54, 1.807) is 0 Å².